The van der Waals surface area contributed by atoms with Gasteiger partial charge in [-0.2, -0.15) is 0 Å². The zero-order valence-corrected chi connectivity index (χ0v) is 10.8. The molecule has 0 saturated carbocycles. The van der Waals surface area contributed by atoms with E-state index in [1.165, 1.54) is 12.1 Å². The first-order valence-corrected chi connectivity index (χ1v) is 5.97. The predicted molar refractivity (Wildman–Crippen MR) is 70.8 cm³/mol. The van der Waals surface area contributed by atoms with Crippen molar-refractivity contribution in [2.45, 2.75) is 6.54 Å². The van der Waals surface area contributed by atoms with Crippen LogP contribution in [0, 0.1) is 5.82 Å². The number of rotatable bonds is 3. The maximum Gasteiger partial charge on any atom is 0.184 e. The summed E-state index contributed by atoms with van der Waals surface area (Å²) in [6.45, 7) is 0.273. The quantitative estimate of drug-likeness (QED) is 0.908. The third kappa shape index (κ3) is 2.75. The molecule has 0 atom stereocenters. The van der Waals surface area contributed by atoms with Crippen molar-refractivity contribution in [2.75, 3.05) is 0 Å². The van der Waals surface area contributed by atoms with Crippen LogP contribution in [0.1, 0.15) is 5.56 Å². The van der Waals surface area contributed by atoms with E-state index in [2.05, 4.69) is 0 Å². The summed E-state index contributed by atoms with van der Waals surface area (Å²) < 4.78 is 19.2. The largest absolute Gasteiger partial charge is 0.454 e. The molecule has 0 saturated heterocycles. The first kappa shape index (κ1) is 13.1. The summed E-state index contributed by atoms with van der Waals surface area (Å²) in [5.74, 6) is -0.146. The molecule has 2 nitrogen and oxygen atoms in total. The van der Waals surface area contributed by atoms with Crippen LogP contribution in [0.2, 0.25) is 10.0 Å². The summed E-state index contributed by atoms with van der Waals surface area (Å²) in [6.07, 6.45) is 0. The zero-order valence-electron chi connectivity index (χ0n) is 9.29. The Hall–Kier alpha value is -1.29. The van der Waals surface area contributed by atoms with Crippen molar-refractivity contribution >= 4 is 23.2 Å². The number of hydrogen-bond acceptors (Lipinski definition) is 2. The summed E-state index contributed by atoms with van der Waals surface area (Å²) in [4.78, 5) is 0. The van der Waals surface area contributed by atoms with Gasteiger partial charge in [-0.05, 0) is 24.3 Å². The molecule has 0 aliphatic heterocycles. The van der Waals surface area contributed by atoms with Gasteiger partial charge < -0.3 is 10.5 Å². The number of nitrogens with two attached hydrogens (primary N) is 1. The monoisotopic (exact) mass is 285 g/mol. The lowest BCUT2D eigenvalue weighted by molar-refractivity contribution is 0.438. The highest BCUT2D eigenvalue weighted by Gasteiger charge is 2.11. The van der Waals surface area contributed by atoms with E-state index in [4.69, 9.17) is 33.7 Å². The molecule has 0 unspecified atom stereocenters. The highest BCUT2D eigenvalue weighted by molar-refractivity contribution is 6.31. The summed E-state index contributed by atoms with van der Waals surface area (Å²) in [5.41, 5.74) is 6.31. The van der Waals surface area contributed by atoms with Crippen molar-refractivity contribution in [1.82, 2.24) is 0 Å². The van der Waals surface area contributed by atoms with Crippen molar-refractivity contribution in [3.05, 3.63) is 57.8 Å². The van der Waals surface area contributed by atoms with Crippen LogP contribution in [0.15, 0.2) is 36.4 Å². The van der Waals surface area contributed by atoms with E-state index in [1.54, 1.807) is 24.3 Å². The standard InChI is InChI=1S/C13H10Cl2FNO/c14-9-5-4-8(7-17)12(6-9)18-11-3-1-2-10(15)13(11)16/h1-6H,7,17H2. The molecule has 94 valence electrons. The Morgan fingerprint density at radius 1 is 1.11 bits per heavy atom. The minimum Gasteiger partial charge on any atom is -0.454 e. The number of ether oxygens (including phenoxy) is 1. The normalized spacial score (nSPS) is 10.4. The van der Waals surface area contributed by atoms with Gasteiger partial charge in [0.2, 0.25) is 0 Å². The van der Waals surface area contributed by atoms with Crippen LogP contribution in [0.4, 0.5) is 4.39 Å². The minimum atomic E-state index is -0.609. The maximum absolute atomic E-state index is 13.7. The van der Waals surface area contributed by atoms with Gasteiger partial charge >= 0.3 is 0 Å². The van der Waals surface area contributed by atoms with Gasteiger partial charge in [-0.15, -0.1) is 0 Å². The van der Waals surface area contributed by atoms with E-state index in [0.29, 0.717) is 10.8 Å². The van der Waals surface area contributed by atoms with Gasteiger partial charge in [0, 0.05) is 17.1 Å². The second-order valence-corrected chi connectivity index (χ2v) is 4.45. The second kappa shape index (κ2) is 5.57. The van der Waals surface area contributed by atoms with Gasteiger partial charge in [-0.3, -0.25) is 0 Å². The van der Waals surface area contributed by atoms with Crippen LogP contribution >= 0.6 is 23.2 Å². The van der Waals surface area contributed by atoms with E-state index < -0.39 is 5.82 Å². The molecule has 0 bridgehead atoms. The Morgan fingerprint density at radius 3 is 2.61 bits per heavy atom. The number of benzene rings is 2. The van der Waals surface area contributed by atoms with Gasteiger partial charge in [0.15, 0.2) is 11.6 Å². The Balaban J connectivity index is 2.39. The zero-order chi connectivity index (χ0) is 13.1. The van der Waals surface area contributed by atoms with E-state index in [0.717, 1.165) is 5.56 Å². The molecule has 0 aromatic heterocycles. The molecule has 2 N–H and O–H groups in total. The molecule has 2 aromatic carbocycles. The molecule has 0 amide bonds. The number of halogens is 3. The molecule has 0 fully saturated rings. The summed E-state index contributed by atoms with van der Waals surface area (Å²) in [6, 6.07) is 9.57. The van der Waals surface area contributed by atoms with E-state index in [1.807, 2.05) is 0 Å². The van der Waals surface area contributed by atoms with Crippen molar-refractivity contribution in [3.8, 4) is 11.5 Å². The molecule has 18 heavy (non-hydrogen) atoms. The third-order valence-electron chi connectivity index (χ3n) is 2.39. The van der Waals surface area contributed by atoms with Crippen molar-refractivity contribution in [2.24, 2.45) is 5.73 Å². The maximum atomic E-state index is 13.7. The fourth-order valence-corrected chi connectivity index (χ4v) is 1.80. The molecular formula is C13H10Cl2FNO. The molecule has 5 heteroatoms. The van der Waals surface area contributed by atoms with Gasteiger partial charge in [-0.1, -0.05) is 35.3 Å². The molecule has 0 heterocycles. The van der Waals surface area contributed by atoms with Crippen LogP contribution in [-0.2, 0) is 6.54 Å². The molecule has 0 radical (unpaired) electrons. The highest BCUT2D eigenvalue weighted by Crippen LogP contribution is 2.32. The van der Waals surface area contributed by atoms with E-state index >= 15 is 0 Å². The third-order valence-corrected chi connectivity index (χ3v) is 2.91. The van der Waals surface area contributed by atoms with Crippen molar-refractivity contribution in [1.29, 1.82) is 0 Å². The molecule has 2 rings (SSSR count). The van der Waals surface area contributed by atoms with Crippen LogP contribution < -0.4 is 10.5 Å². The first-order valence-electron chi connectivity index (χ1n) is 5.22. The second-order valence-electron chi connectivity index (χ2n) is 3.61. The summed E-state index contributed by atoms with van der Waals surface area (Å²) >= 11 is 11.5. The van der Waals surface area contributed by atoms with Gasteiger partial charge in [0.25, 0.3) is 0 Å². The fraction of sp³-hybridized carbons (Fsp3) is 0.0769. The lowest BCUT2D eigenvalue weighted by Crippen LogP contribution is -2.00. The summed E-state index contributed by atoms with van der Waals surface area (Å²) in [7, 11) is 0. The van der Waals surface area contributed by atoms with Gasteiger partial charge in [0.05, 0.1) is 5.02 Å². The minimum absolute atomic E-state index is 0.00354. The SMILES string of the molecule is NCc1ccc(Cl)cc1Oc1cccc(Cl)c1F. The van der Waals surface area contributed by atoms with E-state index in [9.17, 15) is 4.39 Å². The van der Waals surface area contributed by atoms with Gasteiger partial charge in [-0.25, -0.2) is 4.39 Å². The van der Waals surface area contributed by atoms with Crippen molar-refractivity contribution in [3.63, 3.8) is 0 Å². The Morgan fingerprint density at radius 2 is 1.89 bits per heavy atom. The lowest BCUT2D eigenvalue weighted by atomic mass is 10.2. The Labute approximate surface area is 114 Å². The van der Waals surface area contributed by atoms with Gasteiger partial charge in [0.1, 0.15) is 5.75 Å². The van der Waals surface area contributed by atoms with E-state index in [-0.39, 0.29) is 17.3 Å². The Bertz CT molecular complexity index is 575. The smallest absolute Gasteiger partial charge is 0.184 e. The van der Waals surface area contributed by atoms with Crippen LogP contribution in [0.5, 0.6) is 11.5 Å². The molecule has 0 spiro atoms. The molecule has 0 aliphatic rings. The molecule has 0 aliphatic carbocycles. The van der Waals surface area contributed by atoms with Crippen LogP contribution in [0.25, 0.3) is 0 Å². The topological polar surface area (TPSA) is 35.2 Å². The highest BCUT2D eigenvalue weighted by atomic mass is 35.5. The first-order chi connectivity index (χ1) is 8.61. The predicted octanol–water partition coefficient (Wildman–Crippen LogP) is 4.38. The Kier molecular flexibility index (Phi) is 4.07. The molecule has 2 aromatic rings. The number of hydrogen-bond donors (Lipinski definition) is 1. The van der Waals surface area contributed by atoms with Crippen molar-refractivity contribution < 1.29 is 9.13 Å². The average molecular weight is 286 g/mol. The fourth-order valence-electron chi connectivity index (χ4n) is 1.47. The average Bonchev–Trinajstić information content (AvgIpc) is 2.35. The molecular weight excluding hydrogens is 276 g/mol. The summed E-state index contributed by atoms with van der Waals surface area (Å²) in [5, 5.41) is 0.494. The lowest BCUT2D eigenvalue weighted by Gasteiger charge is -2.11. The van der Waals surface area contributed by atoms with Crippen LogP contribution in [0.3, 0.4) is 0 Å². The van der Waals surface area contributed by atoms with Crippen LogP contribution in [-0.4, -0.2) is 0 Å².